The Hall–Kier alpha value is -3.02. The minimum Gasteiger partial charge on any atom is -0.485 e. The highest BCUT2D eigenvalue weighted by molar-refractivity contribution is 5.82. The zero-order valence-corrected chi connectivity index (χ0v) is 11.8. The first-order valence-electron chi connectivity index (χ1n) is 6.77. The number of para-hydroxylation sites is 2. The first-order chi connectivity index (χ1) is 10.7. The van der Waals surface area contributed by atoms with E-state index in [0.29, 0.717) is 17.2 Å². The first kappa shape index (κ1) is 13.9. The fourth-order valence-corrected chi connectivity index (χ4v) is 1.98. The number of nitrogens with one attached hydrogen (secondary N) is 2. The Kier molecular flexibility index (Phi) is 3.91. The van der Waals surface area contributed by atoms with Crippen molar-refractivity contribution in [2.24, 2.45) is 0 Å². The molecule has 6 heteroatoms. The molecule has 0 saturated heterocycles. The number of rotatable bonds is 4. The predicted molar refractivity (Wildman–Crippen MR) is 80.9 cm³/mol. The zero-order chi connectivity index (χ0) is 15.4. The lowest BCUT2D eigenvalue weighted by molar-refractivity contribution is -0.131. The number of carbonyl (C=O) groups excluding carboxylic acids is 1. The van der Waals surface area contributed by atoms with Crippen LogP contribution in [0.5, 0.6) is 11.5 Å². The molecule has 2 N–H and O–H groups in total. The lowest BCUT2D eigenvalue weighted by Gasteiger charge is -2.25. The van der Waals surface area contributed by atoms with E-state index in [4.69, 9.17) is 9.47 Å². The summed E-state index contributed by atoms with van der Waals surface area (Å²) < 4.78 is 11.1. The Bertz CT molecular complexity index is 688. The van der Waals surface area contributed by atoms with Crippen molar-refractivity contribution in [3.8, 4) is 11.5 Å². The van der Waals surface area contributed by atoms with Gasteiger partial charge in [0.05, 0.1) is 5.70 Å². The van der Waals surface area contributed by atoms with Crippen molar-refractivity contribution >= 4 is 11.6 Å². The van der Waals surface area contributed by atoms with Gasteiger partial charge >= 0.3 is 0 Å². The van der Waals surface area contributed by atoms with E-state index in [1.165, 1.54) is 0 Å². The second-order valence-electron chi connectivity index (χ2n) is 4.70. The van der Waals surface area contributed by atoms with Crippen LogP contribution in [0, 0.1) is 0 Å². The van der Waals surface area contributed by atoms with E-state index in [1.54, 1.807) is 30.6 Å². The summed E-state index contributed by atoms with van der Waals surface area (Å²) in [5.74, 6) is 0.860. The van der Waals surface area contributed by atoms with Crippen molar-refractivity contribution in [2.45, 2.75) is 6.10 Å². The fourth-order valence-electron chi connectivity index (χ4n) is 1.98. The number of nitrogens with zero attached hydrogens (tertiary/aromatic N) is 1. The Balaban J connectivity index is 1.56. The molecule has 2 aromatic rings. The predicted octanol–water partition coefficient (Wildman–Crippen LogP) is 1.51. The molecular weight excluding hydrogens is 282 g/mol. The lowest BCUT2D eigenvalue weighted by atomic mass is 10.2. The molecule has 1 aliphatic rings. The Morgan fingerprint density at radius 1 is 1.18 bits per heavy atom. The van der Waals surface area contributed by atoms with Gasteiger partial charge < -0.3 is 9.47 Å². The summed E-state index contributed by atoms with van der Waals surface area (Å²) in [5.41, 5.74) is 6.64. The van der Waals surface area contributed by atoms with Gasteiger partial charge in [0.1, 0.15) is 6.61 Å². The van der Waals surface area contributed by atoms with Gasteiger partial charge in [-0.1, -0.05) is 18.7 Å². The Morgan fingerprint density at radius 3 is 2.77 bits per heavy atom. The number of benzene rings is 1. The second-order valence-corrected chi connectivity index (χ2v) is 4.70. The Morgan fingerprint density at radius 2 is 2.00 bits per heavy atom. The van der Waals surface area contributed by atoms with E-state index in [1.807, 2.05) is 18.2 Å². The molecule has 1 aromatic heterocycles. The van der Waals surface area contributed by atoms with Crippen LogP contribution in [0.25, 0.3) is 5.70 Å². The van der Waals surface area contributed by atoms with Gasteiger partial charge in [-0.15, -0.1) is 0 Å². The van der Waals surface area contributed by atoms with E-state index >= 15 is 0 Å². The maximum Gasteiger partial charge on any atom is 0.282 e. The van der Waals surface area contributed by atoms with Gasteiger partial charge in [0.2, 0.25) is 6.10 Å². The molecule has 0 fully saturated rings. The molecule has 0 aliphatic carbocycles. The average Bonchev–Trinajstić information content (AvgIpc) is 2.59. The summed E-state index contributed by atoms with van der Waals surface area (Å²) in [6.45, 7) is 4.00. The number of pyridine rings is 1. The molecule has 1 amide bonds. The summed E-state index contributed by atoms with van der Waals surface area (Å²) in [6.07, 6.45) is 2.60. The Labute approximate surface area is 127 Å². The number of carbonyl (C=O) groups is 1. The third kappa shape index (κ3) is 3.01. The standard InChI is InChI=1S/C16H15N3O3/c1-11(12-5-4-8-17-9-12)18-19-16(20)15-10-21-13-6-2-3-7-14(13)22-15/h2-9,15,18H,1,10H2,(H,19,20)/t15-/m0/s1. The van der Waals surface area contributed by atoms with E-state index in [9.17, 15) is 4.79 Å². The van der Waals surface area contributed by atoms with E-state index in [2.05, 4.69) is 22.4 Å². The smallest absolute Gasteiger partial charge is 0.282 e. The van der Waals surface area contributed by atoms with Gasteiger partial charge in [0.25, 0.3) is 5.91 Å². The van der Waals surface area contributed by atoms with Gasteiger partial charge in [0.15, 0.2) is 11.5 Å². The summed E-state index contributed by atoms with van der Waals surface area (Å²) >= 11 is 0. The van der Waals surface area contributed by atoms with Crippen LogP contribution in [0.4, 0.5) is 0 Å². The molecule has 22 heavy (non-hydrogen) atoms. The molecular formula is C16H15N3O3. The van der Waals surface area contributed by atoms with Crippen LogP contribution >= 0.6 is 0 Å². The number of hydrogen-bond donors (Lipinski definition) is 2. The molecule has 1 aliphatic heterocycles. The minimum atomic E-state index is -0.718. The van der Waals surface area contributed by atoms with Crippen LogP contribution in [-0.2, 0) is 4.79 Å². The molecule has 3 rings (SSSR count). The van der Waals surface area contributed by atoms with Crippen LogP contribution < -0.4 is 20.3 Å². The van der Waals surface area contributed by atoms with Crippen LogP contribution in [0.2, 0.25) is 0 Å². The fraction of sp³-hybridized carbons (Fsp3) is 0.125. The van der Waals surface area contributed by atoms with Gasteiger partial charge in [-0.05, 0) is 24.3 Å². The molecule has 2 heterocycles. The highest BCUT2D eigenvalue weighted by atomic mass is 16.6. The maximum atomic E-state index is 12.1. The molecule has 6 nitrogen and oxygen atoms in total. The van der Waals surface area contributed by atoms with Crippen LogP contribution in [0.1, 0.15) is 5.56 Å². The summed E-state index contributed by atoms with van der Waals surface area (Å²) in [5, 5.41) is 0. The van der Waals surface area contributed by atoms with E-state index < -0.39 is 6.10 Å². The molecule has 0 radical (unpaired) electrons. The first-order valence-corrected chi connectivity index (χ1v) is 6.77. The molecule has 0 spiro atoms. The molecule has 1 aromatic carbocycles. The van der Waals surface area contributed by atoms with Gasteiger partial charge in [-0.2, -0.15) is 0 Å². The van der Waals surface area contributed by atoms with E-state index in [-0.39, 0.29) is 12.5 Å². The number of amides is 1. The highest BCUT2D eigenvalue weighted by Gasteiger charge is 2.27. The van der Waals surface area contributed by atoms with Gasteiger partial charge in [-0.3, -0.25) is 20.6 Å². The topological polar surface area (TPSA) is 72.5 Å². The van der Waals surface area contributed by atoms with Crippen LogP contribution in [0.3, 0.4) is 0 Å². The van der Waals surface area contributed by atoms with E-state index in [0.717, 1.165) is 5.56 Å². The molecule has 0 saturated carbocycles. The summed E-state index contributed by atoms with van der Waals surface area (Å²) in [6, 6.07) is 10.9. The normalized spacial score (nSPS) is 15.7. The summed E-state index contributed by atoms with van der Waals surface area (Å²) in [4.78, 5) is 16.1. The van der Waals surface area contributed by atoms with Crippen molar-refractivity contribution in [1.29, 1.82) is 0 Å². The second kappa shape index (κ2) is 6.17. The zero-order valence-electron chi connectivity index (χ0n) is 11.8. The highest BCUT2D eigenvalue weighted by Crippen LogP contribution is 2.30. The molecule has 0 unspecified atom stereocenters. The SMILES string of the molecule is C=C(NNC(=O)[C@@H]1COc2ccccc2O1)c1cccnc1. The van der Waals surface area contributed by atoms with Crippen LogP contribution in [0.15, 0.2) is 55.4 Å². The van der Waals surface area contributed by atoms with Crippen molar-refractivity contribution < 1.29 is 14.3 Å². The molecule has 0 bridgehead atoms. The number of hydrogen-bond acceptors (Lipinski definition) is 5. The number of ether oxygens (including phenoxy) is 2. The van der Waals surface area contributed by atoms with Crippen molar-refractivity contribution in [3.63, 3.8) is 0 Å². The van der Waals surface area contributed by atoms with Gasteiger partial charge in [-0.25, -0.2) is 0 Å². The third-order valence-electron chi connectivity index (χ3n) is 3.15. The van der Waals surface area contributed by atoms with Crippen molar-refractivity contribution in [1.82, 2.24) is 15.8 Å². The number of hydrazine groups is 1. The van der Waals surface area contributed by atoms with Crippen LogP contribution in [-0.4, -0.2) is 23.6 Å². The van der Waals surface area contributed by atoms with Crippen molar-refractivity contribution in [3.05, 3.63) is 60.9 Å². The number of aromatic nitrogens is 1. The van der Waals surface area contributed by atoms with Crippen molar-refractivity contribution in [2.75, 3.05) is 6.61 Å². The maximum absolute atomic E-state index is 12.1. The number of fused-ring (bicyclic) bond motifs is 1. The third-order valence-corrected chi connectivity index (χ3v) is 3.15. The largest absolute Gasteiger partial charge is 0.485 e. The summed E-state index contributed by atoms with van der Waals surface area (Å²) in [7, 11) is 0. The lowest BCUT2D eigenvalue weighted by Crippen LogP contribution is -2.48. The molecule has 112 valence electrons. The quantitative estimate of drug-likeness (QED) is 0.837. The molecule has 1 atom stereocenters. The monoisotopic (exact) mass is 297 g/mol. The minimum absolute atomic E-state index is 0.157. The average molecular weight is 297 g/mol. The van der Waals surface area contributed by atoms with Gasteiger partial charge in [0, 0.05) is 18.0 Å².